The number of carbonyl (C=O) groups is 2. The Morgan fingerprint density at radius 3 is 2.62 bits per heavy atom. The number of hydrogen-bond acceptors (Lipinski definition) is 4. The first-order valence-electron chi connectivity index (χ1n) is 8.68. The Balaban J connectivity index is 1.64. The highest BCUT2D eigenvalue weighted by atomic mass is 32.1. The highest BCUT2D eigenvalue weighted by Gasteiger charge is 2.27. The largest absolute Gasteiger partial charge is 0.324 e. The van der Waals surface area contributed by atoms with Gasteiger partial charge in [0.2, 0.25) is 11.8 Å². The molecule has 1 aliphatic heterocycles. The summed E-state index contributed by atoms with van der Waals surface area (Å²) in [5.41, 5.74) is 1.83. The topological polar surface area (TPSA) is 53.5 Å². The quantitative estimate of drug-likeness (QED) is 0.696. The maximum atomic E-state index is 13.0. The van der Waals surface area contributed by atoms with Crippen molar-refractivity contribution in [1.82, 2.24) is 9.88 Å². The summed E-state index contributed by atoms with van der Waals surface area (Å²) in [5, 5.41) is 0.645. The van der Waals surface area contributed by atoms with Gasteiger partial charge in [0.15, 0.2) is 5.13 Å². The molecule has 0 aliphatic carbocycles. The van der Waals surface area contributed by atoms with E-state index in [1.807, 2.05) is 54.6 Å². The number of amides is 2. The van der Waals surface area contributed by atoms with E-state index in [1.165, 1.54) is 11.3 Å². The van der Waals surface area contributed by atoms with Crippen LogP contribution in [0.5, 0.6) is 0 Å². The molecular weight excluding hydrogens is 346 g/mol. The number of benzene rings is 2. The lowest BCUT2D eigenvalue weighted by Crippen LogP contribution is -2.43. The zero-order chi connectivity index (χ0) is 17.9. The number of hydrogen-bond donors (Lipinski definition) is 0. The molecule has 0 N–H and O–H groups in total. The molecule has 0 spiro atoms. The SMILES string of the molecule is O=C1CCCN1CN(C(=O)Cc1ccccc1)c1nc2ccccc2s1. The van der Waals surface area contributed by atoms with Crippen molar-refractivity contribution in [3.05, 3.63) is 60.2 Å². The highest BCUT2D eigenvalue weighted by Crippen LogP contribution is 2.29. The van der Waals surface area contributed by atoms with Crippen LogP contribution < -0.4 is 4.90 Å². The van der Waals surface area contributed by atoms with Gasteiger partial charge in [-0.1, -0.05) is 53.8 Å². The number of carbonyl (C=O) groups excluding carboxylic acids is 2. The van der Waals surface area contributed by atoms with E-state index in [-0.39, 0.29) is 18.5 Å². The van der Waals surface area contributed by atoms with Gasteiger partial charge in [0, 0.05) is 13.0 Å². The molecule has 6 heteroatoms. The van der Waals surface area contributed by atoms with Crippen molar-refractivity contribution in [2.75, 3.05) is 18.1 Å². The molecule has 26 heavy (non-hydrogen) atoms. The van der Waals surface area contributed by atoms with Crippen LogP contribution in [0, 0.1) is 0 Å². The van der Waals surface area contributed by atoms with Crippen molar-refractivity contribution in [2.24, 2.45) is 0 Å². The second kappa shape index (κ2) is 7.25. The Morgan fingerprint density at radius 1 is 1.12 bits per heavy atom. The summed E-state index contributed by atoms with van der Waals surface area (Å²) in [6.45, 7) is 0.961. The molecule has 0 bridgehead atoms. The third-order valence-corrected chi connectivity index (χ3v) is 5.56. The zero-order valence-electron chi connectivity index (χ0n) is 14.3. The molecule has 1 saturated heterocycles. The number of likely N-dealkylation sites (tertiary alicyclic amines) is 1. The molecular formula is C20H19N3O2S. The van der Waals surface area contributed by atoms with E-state index in [9.17, 15) is 9.59 Å². The minimum Gasteiger partial charge on any atom is -0.324 e. The average molecular weight is 365 g/mol. The van der Waals surface area contributed by atoms with Crippen molar-refractivity contribution in [2.45, 2.75) is 19.3 Å². The van der Waals surface area contributed by atoms with E-state index < -0.39 is 0 Å². The molecule has 4 rings (SSSR count). The molecule has 5 nitrogen and oxygen atoms in total. The third kappa shape index (κ3) is 3.46. The lowest BCUT2D eigenvalue weighted by Gasteiger charge is -2.26. The summed E-state index contributed by atoms with van der Waals surface area (Å²) in [4.78, 5) is 33.1. The van der Waals surface area contributed by atoms with E-state index in [2.05, 4.69) is 4.98 Å². The van der Waals surface area contributed by atoms with Crippen LogP contribution in [0.25, 0.3) is 10.2 Å². The fraction of sp³-hybridized carbons (Fsp3) is 0.250. The molecule has 0 saturated carbocycles. The lowest BCUT2D eigenvalue weighted by molar-refractivity contribution is -0.128. The van der Waals surface area contributed by atoms with Gasteiger partial charge in [0.1, 0.15) is 6.67 Å². The Bertz CT molecular complexity index is 905. The van der Waals surface area contributed by atoms with Crippen LogP contribution in [0.4, 0.5) is 5.13 Å². The summed E-state index contributed by atoms with van der Waals surface area (Å²) >= 11 is 1.48. The average Bonchev–Trinajstić information content (AvgIpc) is 3.26. The maximum absolute atomic E-state index is 13.0. The fourth-order valence-corrected chi connectivity index (χ4v) is 4.09. The Morgan fingerprint density at radius 2 is 1.88 bits per heavy atom. The van der Waals surface area contributed by atoms with Gasteiger partial charge in [0.05, 0.1) is 16.6 Å². The Hall–Kier alpha value is -2.73. The summed E-state index contributed by atoms with van der Waals surface area (Å²) < 4.78 is 1.03. The van der Waals surface area contributed by atoms with Gasteiger partial charge in [-0.2, -0.15) is 0 Å². The highest BCUT2D eigenvalue weighted by molar-refractivity contribution is 7.22. The van der Waals surface area contributed by atoms with Crippen LogP contribution in [0.2, 0.25) is 0 Å². The van der Waals surface area contributed by atoms with Gasteiger partial charge in [-0.15, -0.1) is 0 Å². The molecule has 2 amide bonds. The van der Waals surface area contributed by atoms with Crippen LogP contribution in [0.1, 0.15) is 18.4 Å². The monoisotopic (exact) mass is 365 g/mol. The Labute approximate surface area is 155 Å². The second-order valence-corrected chi connectivity index (χ2v) is 7.36. The van der Waals surface area contributed by atoms with Crippen molar-refractivity contribution < 1.29 is 9.59 Å². The number of anilines is 1. The zero-order valence-corrected chi connectivity index (χ0v) is 15.1. The number of nitrogens with zero attached hydrogens (tertiary/aromatic N) is 3. The van der Waals surface area contributed by atoms with Gasteiger partial charge in [-0.3, -0.25) is 14.5 Å². The molecule has 1 aromatic heterocycles. The molecule has 1 fully saturated rings. The number of fused-ring (bicyclic) bond motifs is 1. The predicted octanol–water partition coefficient (Wildman–Crippen LogP) is 3.45. The van der Waals surface area contributed by atoms with Gasteiger partial charge >= 0.3 is 0 Å². The lowest BCUT2D eigenvalue weighted by atomic mass is 10.1. The van der Waals surface area contributed by atoms with E-state index in [0.29, 0.717) is 24.5 Å². The van der Waals surface area contributed by atoms with Crippen molar-refractivity contribution in [1.29, 1.82) is 0 Å². The predicted molar refractivity (Wildman–Crippen MR) is 103 cm³/mol. The van der Waals surface area contributed by atoms with Crippen LogP contribution >= 0.6 is 11.3 Å². The van der Waals surface area contributed by atoms with E-state index in [1.54, 1.807) is 9.80 Å². The van der Waals surface area contributed by atoms with Crippen LogP contribution in [0.3, 0.4) is 0 Å². The first kappa shape index (κ1) is 16.7. The molecule has 0 unspecified atom stereocenters. The first-order valence-corrected chi connectivity index (χ1v) is 9.50. The molecule has 0 radical (unpaired) electrons. The van der Waals surface area contributed by atoms with Gasteiger partial charge in [-0.25, -0.2) is 4.98 Å². The molecule has 1 aliphatic rings. The van der Waals surface area contributed by atoms with Gasteiger partial charge in [-0.05, 0) is 24.1 Å². The minimum absolute atomic E-state index is 0.0463. The summed E-state index contributed by atoms with van der Waals surface area (Å²) in [7, 11) is 0. The Kier molecular flexibility index (Phi) is 4.67. The first-order chi connectivity index (χ1) is 12.7. The molecule has 0 atom stereocenters. The second-order valence-electron chi connectivity index (χ2n) is 6.35. The van der Waals surface area contributed by atoms with Gasteiger partial charge < -0.3 is 4.90 Å². The number of aromatic nitrogens is 1. The van der Waals surface area contributed by atoms with Crippen LogP contribution in [-0.4, -0.2) is 34.9 Å². The standard InChI is InChI=1S/C20H19N3O2S/c24-18-11-6-12-22(18)14-23(19(25)13-15-7-2-1-3-8-15)20-21-16-9-4-5-10-17(16)26-20/h1-5,7-10H,6,11-14H2. The normalized spacial score (nSPS) is 14.2. The van der Waals surface area contributed by atoms with Gasteiger partial charge in [0.25, 0.3) is 0 Å². The number of thiazole rings is 1. The summed E-state index contributed by atoms with van der Waals surface area (Å²) in [6.07, 6.45) is 1.69. The molecule has 2 heterocycles. The smallest absolute Gasteiger partial charge is 0.234 e. The number of rotatable bonds is 5. The fourth-order valence-electron chi connectivity index (χ4n) is 3.11. The van der Waals surface area contributed by atoms with Crippen LogP contribution in [0.15, 0.2) is 54.6 Å². The maximum Gasteiger partial charge on any atom is 0.234 e. The van der Waals surface area contributed by atoms with E-state index in [4.69, 9.17) is 0 Å². The molecule has 3 aromatic rings. The van der Waals surface area contributed by atoms with Crippen molar-refractivity contribution >= 4 is 38.5 Å². The minimum atomic E-state index is -0.0463. The third-order valence-electron chi connectivity index (χ3n) is 4.50. The van der Waals surface area contributed by atoms with Crippen molar-refractivity contribution in [3.63, 3.8) is 0 Å². The number of para-hydroxylation sites is 1. The van der Waals surface area contributed by atoms with E-state index >= 15 is 0 Å². The van der Waals surface area contributed by atoms with E-state index in [0.717, 1.165) is 22.2 Å². The summed E-state index contributed by atoms with van der Waals surface area (Å²) in [6, 6.07) is 17.5. The molecule has 132 valence electrons. The molecule has 2 aromatic carbocycles. The summed E-state index contributed by atoms with van der Waals surface area (Å²) in [5.74, 6) is 0.0542. The van der Waals surface area contributed by atoms with Crippen molar-refractivity contribution in [3.8, 4) is 0 Å². The van der Waals surface area contributed by atoms with Crippen LogP contribution in [-0.2, 0) is 16.0 Å².